The summed E-state index contributed by atoms with van der Waals surface area (Å²) in [7, 11) is -0.304. The Hall–Kier alpha value is -2.10. The smallest absolute Gasteiger partial charge is 0.252 e. The van der Waals surface area contributed by atoms with Crippen LogP contribution in [0, 0.1) is 5.92 Å². The monoisotopic (exact) mass is 438 g/mol. The van der Waals surface area contributed by atoms with E-state index in [0.717, 1.165) is 5.56 Å². The van der Waals surface area contributed by atoms with Crippen LogP contribution in [0.4, 0.5) is 0 Å². The number of amides is 1. The standard InChI is InChI=1S/C20H26N2O5S2/c1-14(16-6-7-17(26-2)18(13-16)27-3)21-20(23)15-8-10-22(11-9-15)29(24,25)19-5-4-12-28-19/h4-7,12-15H,8-11H2,1-3H3,(H,21,23)/t14-/m1/s1. The van der Waals surface area contributed by atoms with E-state index in [-0.39, 0.29) is 17.9 Å². The number of piperidine rings is 1. The Bertz CT molecular complexity index is 936. The van der Waals surface area contributed by atoms with Crippen molar-refractivity contribution in [3.63, 3.8) is 0 Å². The molecule has 0 unspecified atom stereocenters. The molecule has 1 amide bonds. The maximum Gasteiger partial charge on any atom is 0.252 e. The average molecular weight is 439 g/mol. The van der Waals surface area contributed by atoms with Gasteiger partial charge in [0.15, 0.2) is 11.5 Å². The molecule has 1 aromatic carbocycles. The normalized spacial score (nSPS) is 16.9. The summed E-state index contributed by atoms with van der Waals surface area (Å²) >= 11 is 1.21. The predicted molar refractivity (Wildman–Crippen MR) is 112 cm³/mol. The molecule has 1 atom stereocenters. The molecule has 0 saturated carbocycles. The summed E-state index contributed by atoms with van der Waals surface area (Å²) in [4.78, 5) is 12.7. The molecule has 1 N–H and O–H groups in total. The summed E-state index contributed by atoms with van der Waals surface area (Å²) in [6.45, 7) is 2.61. The van der Waals surface area contributed by atoms with Crippen LogP contribution in [-0.4, -0.2) is 45.9 Å². The number of hydrogen-bond acceptors (Lipinski definition) is 6. The second kappa shape index (κ2) is 9.15. The van der Waals surface area contributed by atoms with Crippen molar-refractivity contribution in [2.24, 2.45) is 5.92 Å². The van der Waals surface area contributed by atoms with E-state index < -0.39 is 10.0 Å². The minimum Gasteiger partial charge on any atom is -0.493 e. The van der Waals surface area contributed by atoms with E-state index in [4.69, 9.17) is 9.47 Å². The lowest BCUT2D eigenvalue weighted by Gasteiger charge is -2.30. The molecule has 7 nitrogen and oxygen atoms in total. The third kappa shape index (κ3) is 4.73. The summed E-state index contributed by atoms with van der Waals surface area (Å²) in [5.41, 5.74) is 0.911. The van der Waals surface area contributed by atoms with Crippen LogP contribution in [0.25, 0.3) is 0 Å². The van der Waals surface area contributed by atoms with Crippen molar-refractivity contribution in [2.45, 2.75) is 30.0 Å². The maximum absolute atomic E-state index is 12.7. The van der Waals surface area contributed by atoms with E-state index in [2.05, 4.69) is 5.32 Å². The van der Waals surface area contributed by atoms with Crippen LogP contribution in [0.1, 0.15) is 31.4 Å². The molecule has 1 aliphatic rings. The molecule has 9 heteroatoms. The van der Waals surface area contributed by atoms with Gasteiger partial charge in [-0.25, -0.2) is 8.42 Å². The molecule has 0 aliphatic carbocycles. The molecule has 158 valence electrons. The Morgan fingerprint density at radius 3 is 2.45 bits per heavy atom. The van der Waals surface area contributed by atoms with Crippen molar-refractivity contribution >= 4 is 27.3 Å². The number of sulfonamides is 1. The lowest BCUT2D eigenvalue weighted by atomic mass is 9.96. The fourth-order valence-corrected chi connectivity index (χ4v) is 6.05. The molecule has 1 aliphatic heterocycles. The fraction of sp³-hybridized carbons (Fsp3) is 0.450. The van der Waals surface area contributed by atoms with Crippen LogP contribution in [0.15, 0.2) is 39.9 Å². The molecule has 29 heavy (non-hydrogen) atoms. The summed E-state index contributed by atoms with van der Waals surface area (Å²) < 4.78 is 37.6. The molecule has 1 saturated heterocycles. The Morgan fingerprint density at radius 1 is 1.17 bits per heavy atom. The van der Waals surface area contributed by atoms with E-state index in [0.29, 0.717) is 41.6 Å². The first-order chi connectivity index (χ1) is 13.9. The number of methoxy groups -OCH3 is 2. The van der Waals surface area contributed by atoms with Gasteiger partial charge in [0, 0.05) is 19.0 Å². The van der Waals surface area contributed by atoms with Crippen LogP contribution < -0.4 is 14.8 Å². The van der Waals surface area contributed by atoms with Gasteiger partial charge in [0.05, 0.1) is 20.3 Å². The van der Waals surface area contributed by atoms with Gasteiger partial charge in [0.25, 0.3) is 10.0 Å². The number of ether oxygens (including phenoxy) is 2. The highest BCUT2D eigenvalue weighted by Crippen LogP contribution is 2.31. The maximum atomic E-state index is 12.7. The van der Waals surface area contributed by atoms with Crippen LogP contribution in [0.2, 0.25) is 0 Å². The van der Waals surface area contributed by atoms with Crippen molar-refractivity contribution in [3.8, 4) is 11.5 Å². The van der Waals surface area contributed by atoms with Gasteiger partial charge in [0.2, 0.25) is 5.91 Å². The summed E-state index contributed by atoms with van der Waals surface area (Å²) in [6, 6.07) is 8.69. The summed E-state index contributed by atoms with van der Waals surface area (Å²) in [5.74, 6) is 0.986. The van der Waals surface area contributed by atoms with Crippen LogP contribution in [0.5, 0.6) is 11.5 Å². The predicted octanol–water partition coefficient (Wildman–Crippen LogP) is 3.04. The number of rotatable bonds is 7. The van der Waals surface area contributed by atoms with Gasteiger partial charge in [-0.15, -0.1) is 11.3 Å². The van der Waals surface area contributed by atoms with Crippen molar-refractivity contribution in [2.75, 3.05) is 27.3 Å². The van der Waals surface area contributed by atoms with Crippen LogP contribution in [0.3, 0.4) is 0 Å². The first-order valence-corrected chi connectivity index (χ1v) is 11.7. The summed E-state index contributed by atoms with van der Waals surface area (Å²) in [5, 5.41) is 4.79. The molecule has 1 aromatic heterocycles. The topological polar surface area (TPSA) is 84.9 Å². The number of nitrogens with zero attached hydrogens (tertiary/aromatic N) is 1. The molecule has 0 radical (unpaired) electrons. The average Bonchev–Trinajstić information content (AvgIpc) is 3.29. The van der Waals surface area contributed by atoms with Crippen molar-refractivity contribution in [1.82, 2.24) is 9.62 Å². The molecule has 2 aromatic rings. The lowest BCUT2D eigenvalue weighted by Crippen LogP contribution is -2.43. The zero-order valence-electron chi connectivity index (χ0n) is 16.8. The quantitative estimate of drug-likeness (QED) is 0.718. The van der Waals surface area contributed by atoms with Gasteiger partial charge < -0.3 is 14.8 Å². The second-order valence-corrected chi connectivity index (χ2v) is 10.1. The number of hydrogen-bond donors (Lipinski definition) is 1. The Labute approximate surface area is 175 Å². The molecule has 0 bridgehead atoms. The van der Waals surface area contributed by atoms with E-state index in [1.807, 2.05) is 25.1 Å². The van der Waals surface area contributed by atoms with Gasteiger partial charge in [-0.3, -0.25) is 4.79 Å². The third-order valence-corrected chi connectivity index (χ3v) is 8.45. The number of benzene rings is 1. The van der Waals surface area contributed by atoms with Crippen molar-refractivity contribution in [1.29, 1.82) is 0 Å². The summed E-state index contributed by atoms with van der Waals surface area (Å²) in [6.07, 6.45) is 1.02. The molecular weight excluding hydrogens is 412 g/mol. The zero-order chi connectivity index (χ0) is 21.0. The van der Waals surface area contributed by atoms with E-state index in [1.54, 1.807) is 31.7 Å². The minimum atomic E-state index is -3.45. The Balaban J connectivity index is 1.58. The Kier molecular flexibility index (Phi) is 6.81. The van der Waals surface area contributed by atoms with Crippen molar-refractivity contribution in [3.05, 3.63) is 41.3 Å². The third-order valence-electron chi connectivity index (χ3n) is 5.18. The van der Waals surface area contributed by atoms with E-state index >= 15 is 0 Å². The highest BCUT2D eigenvalue weighted by atomic mass is 32.2. The molecule has 0 spiro atoms. The van der Waals surface area contributed by atoms with Gasteiger partial charge >= 0.3 is 0 Å². The minimum absolute atomic E-state index is 0.0551. The number of carbonyl (C=O) groups excluding carboxylic acids is 1. The van der Waals surface area contributed by atoms with Gasteiger partial charge in [-0.1, -0.05) is 12.1 Å². The van der Waals surface area contributed by atoms with Gasteiger partial charge in [-0.2, -0.15) is 4.31 Å². The molecule has 2 heterocycles. The first kappa shape index (κ1) is 21.6. The SMILES string of the molecule is COc1ccc([C@@H](C)NC(=O)C2CCN(S(=O)(=O)c3cccs3)CC2)cc1OC. The van der Waals surface area contributed by atoms with Crippen LogP contribution >= 0.6 is 11.3 Å². The number of carbonyl (C=O) groups is 1. The highest BCUT2D eigenvalue weighted by Gasteiger charge is 2.33. The lowest BCUT2D eigenvalue weighted by molar-refractivity contribution is -0.126. The molecular formula is C20H26N2O5S2. The van der Waals surface area contributed by atoms with Gasteiger partial charge in [-0.05, 0) is 48.9 Å². The second-order valence-electron chi connectivity index (χ2n) is 6.96. The van der Waals surface area contributed by atoms with E-state index in [1.165, 1.54) is 15.6 Å². The highest BCUT2D eigenvalue weighted by molar-refractivity contribution is 7.91. The van der Waals surface area contributed by atoms with Gasteiger partial charge in [0.1, 0.15) is 4.21 Å². The molecule has 1 fully saturated rings. The largest absolute Gasteiger partial charge is 0.493 e. The Morgan fingerprint density at radius 2 is 1.86 bits per heavy atom. The van der Waals surface area contributed by atoms with Crippen molar-refractivity contribution < 1.29 is 22.7 Å². The molecule has 3 rings (SSSR count). The number of thiophene rings is 1. The zero-order valence-corrected chi connectivity index (χ0v) is 18.4. The fourth-order valence-electron chi connectivity index (χ4n) is 3.43. The first-order valence-electron chi connectivity index (χ1n) is 9.42. The van der Waals surface area contributed by atoms with Crippen LogP contribution in [-0.2, 0) is 14.8 Å². The number of nitrogens with one attached hydrogen (secondary N) is 1. The van der Waals surface area contributed by atoms with E-state index in [9.17, 15) is 13.2 Å².